The van der Waals surface area contributed by atoms with Crippen LogP contribution in [-0.4, -0.2) is 37.1 Å². The summed E-state index contributed by atoms with van der Waals surface area (Å²) in [6.45, 7) is 2.11. The molecular formula is C12H21N3. The topological polar surface area (TPSA) is 39.1 Å². The van der Waals surface area contributed by atoms with Crippen molar-refractivity contribution in [3.05, 3.63) is 0 Å². The SMILES string of the molecule is CNC(C#N)CN1CCCC2CCCC21. The maximum Gasteiger partial charge on any atom is 0.108 e. The van der Waals surface area contributed by atoms with Gasteiger partial charge in [0.25, 0.3) is 0 Å². The Hall–Kier alpha value is -0.590. The minimum atomic E-state index is 0.00403. The molecule has 1 saturated heterocycles. The average molecular weight is 207 g/mol. The Morgan fingerprint density at radius 1 is 1.40 bits per heavy atom. The summed E-state index contributed by atoms with van der Waals surface area (Å²) < 4.78 is 0. The zero-order valence-electron chi connectivity index (χ0n) is 9.58. The molecule has 0 spiro atoms. The van der Waals surface area contributed by atoms with Crippen molar-refractivity contribution in [3.8, 4) is 6.07 Å². The fourth-order valence-electron chi connectivity index (χ4n) is 3.21. The highest BCUT2D eigenvalue weighted by Gasteiger charge is 2.35. The van der Waals surface area contributed by atoms with E-state index in [1.165, 1.54) is 38.6 Å². The zero-order chi connectivity index (χ0) is 10.7. The lowest BCUT2D eigenvalue weighted by molar-refractivity contribution is 0.108. The van der Waals surface area contributed by atoms with Gasteiger partial charge in [-0.05, 0) is 45.2 Å². The number of nitrogens with one attached hydrogen (secondary N) is 1. The molecule has 2 aliphatic rings. The van der Waals surface area contributed by atoms with E-state index in [1.54, 1.807) is 0 Å². The van der Waals surface area contributed by atoms with Crippen molar-refractivity contribution in [3.63, 3.8) is 0 Å². The van der Waals surface area contributed by atoms with E-state index in [0.29, 0.717) is 0 Å². The largest absolute Gasteiger partial charge is 0.304 e. The first kappa shape index (κ1) is 10.9. The van der Waals surface area contributed by atoms with Gasteiger partial charge in [0.2, 0.25) is 0 Å². The second-order valence-corrected chi connectivity index (χ2v) is 4.87. The van der Waals surface area contributed by atoms with Crippen LogP contribution in [0.15, 0.2) is 0 Å². The van der Waals surface area contributed by atoms with Gasteiger partial charge < -0.3 is 5.32 Å². The highest BCUT2D eigenvalue weighted by atomic mass is 15.2. The molecule has 1 heterocycles. The fraction of sp³-hybridized carbons (Fsp3) is 0.917. The Labute approximate surface area is 92.4 Å². The van der Waals surface area contributed by atoms with Crippen LogP contribution in [-0.2, 0) is 0 Å². The van der Waals surface area contributed by atoms with Crippen LogP contribution in [0.4, 0.5) is 0 Å². The molecular weight excluding hydrogens is 186 g/mol. The summed E-state index contributed by atoms with van der Waals surface area (Å²) in [4.78, 5) is 2.55. The van der Waals surface area contributed by atoms with Crippen molar-refractivity contribution >= 4 is 0 Å². The first-order valence-electron chi connectivity index (χ1n) is 6.16. The Balaban J connectivity index is 1.93. The third kappa shape index (κ3) is 2.32. The number of nitriles is 1. The Morgan fingerprint density at radius 3 is 2.93 bits per heavy atom. The number of likely N-dealkylation sites (N-methyl/N-ethyl adjacent to an activating group) is 1. The van der Waals surface area contributed by atoms with Gasteiger partial charge in [0, 0.05) is 12.6 Å². The van der Waals surface area contributed by atoms with Gasteiger partial charge in [-0.2, -0.15) is 5.26 Å². The van der Waals surface area contributed by atoms with Crippen LogP contribution in [0.1, 0.15) is 32.1 Å². The van der Waals surface area contributed by atoms with Crippen molar-refractivity contribution in [2.24, 2.45) is 5.92 Å². The minimum Gasteiger partial charge on any atom is -0.304 e. The lowest BCUT2D eigenvalue weighted by Gasteiger charge is -2.38. The molecule has 3 atom stereocenters. The van der Waals surface area contributed by atoms with E-state index < -0.39 is 0 Å². The molecule has 1 saturated carbocycles. The molecule has 0 radical (unpaired) electrons. The quantitative estimate of drug-likeness (QED) is 0.759. The van der Waals surface area contributed by atoms with Crippen LogP contribution in [0.2, 0.25) is 0 Å². The maximum absolute atomic E-state index is 8.96. The smallest absolute Gasteiger partial charge is 0.108 e. The van der Waals surface area contributed by atoms with Crippen LogP contribution in [0, 0.1) is 17.2 Å². The first-order chi connectivity index (χ1) is 7.35. The minimum absolute atomic E-state index is 0.00403. The lowest BCUT2D eigenvalue weighted by Crippen LogP contribution is -2.48. The van der Waals surface area contributed by atoms with Gasteiger partial charge in [-0.15, -0.1) is 0 Å². The molecule has 0 aromatic heterocycles. The van der Waals surface area contributed by atoms with Crippen LogP contribution in [0.25, 0.3) is 0 Å². The molecule has 3 heteroatoms. The standard InChI is InChI=1S/C12H21N3/c1-14-11(8-13)9-15-7-3-5-10-4-2-6-12(10)15/h10-12,14H,2-7,9H2,1H3. The molecule has 3 nitrogen and oxygen atoms in total. The second kappa shape index (κ2) is 4.96. The van der Waals surface area contributed by atoms with Gasteiger partial charge in [-0.1, -0.05) is 6.42 Å². The van der Waals surface area contributed by atoms with Crippen LogP contribution in [0.5, 0.6) is 0 Å². The molecule has 2 fully saturated rings. The predicted molar refractivity (Wildman–Crippen MR) is 60.4 cm³/mol. The number of hydrogen-bond donors (Lipinski definition) is 1. The number of hydrogen-bond acceptors (Lipinski definition) is 3. The van der Waals surface area contributed by atoms with Crippen LogP contribution < -0.4 is 5.32 Å². The molecule has 0 amide bonds. The average Bonchev–Trinajstić information content (AvgIpc) is 2.74. The van der Waals surface area contributed by atoms with Crippen molar-refractivity contribution < 1.29 is 0 Å². The number of piperidine rings is 1. The van der Waals surface area contributed by atoms with Crippen molar-refractivity contribution in [2.75, 3.05) is 20.1 Å². The number of fused-ring (bicyclic) bond motifs is 1. The molecule has 0 aromatic rings. The molecule has 2 rings (SSSR count). The van der Waals surface area contributed by atoms with Crippen LogP contribution in [0.3, 0.4) is 0 Å². The van der Waals surface area contributed by atoms with Crippen molar-refractivity contribution in [1.82, 2.24) is 10.2 Å². The number of rotatable bonds is 3. The van der Waals surface area contributed by atoms with Gasteiger partial charge in [-0.25, -0.2) is 0 Å². The highest BCUT2D eigenvalue weighted by Crippen LogP contribution is 2.36. The van der Waals surface area contributed by atoms with E-state index >= 15 is 0 Å². The second-order valence-electron chi connectivity index (χ2n) is 4.87. The van der Waals surface area contributed by atoms with E-state index in [4.69, 9.17) is 5.26 Å². The zero-order valence-corrected chi connectivity index (χ0v) is 9.58. The number of likely N-dealkylation sites (tertiary alicyclic amines) is 1. The summed E-state index contributed by atoms with van der Waals surface area (Å²) in [6, 6.07) is 3.11. The van der Waals surface area contributed by atoms with Crippen LogP contribution >= 0.6 is 0 Å². The predicted octanol–water partition coefficient (Wildman–Crippen LogP) is 1.36. The molecule has 0 aromatic carbocycles. The number of nitrogens with zero attached hydrogens (tertiary/aromatic N) is 2. The van der Waals surface area contributed by atoms with Gasteiger partial charge in [0.05, 0.1) is 6.07 Å². The van der Waals surface area contributed by atoms with Crippen molar-refractivity contribution in [1.29, 1.82) is 5.26 Å². The molecule has 3 unspecified atom stereocenters. The Morgan fingerprint density at radius 2 is 2.20 bits per heavy atom. The third-order valence-corrected chi connectivity index (χ3v) is 4.03. The summed E-state index contributed by atoms with van der Waals surface area (Å²) >= 11 is 0. The van der Waals surface area contributed by atoms with E-state index in [2.05, 4.69) is 16.3 Å². The summed E-state index contributed by atoms with van der Waals surface area (Å²) in [7, 11) is 1.88. The molecule has 15 heavy (non-hydrogen) atoms. The fourth-order valence-corrected chi connectivity index (χ4v) is 3.21. The molecule has 0 bridgehead atoms. The third-order valence-electron chi connectivity index (χ3n) is 4.03. The maximum atomic E-state index is 8.96. The highest BCUT2D eigenvalue weighted by molar-refractivity contribution is 4.96. The molecule has 1 aliphatic heterocycles. The summed E-state index contributed by atoms with van der Waals surface area (Å²) in [5.74, 6) is 0.926. The molecule has 84 valence electrons. The Kier molecular flexibility index (Phi) is 3.61. The summed E-state index contributed by atoms with van der Waals surface area (Å²) in [5, 5.41) is 12.0. The van der Waals surface area contributed by atoms with E-state index in [-0.39, 0.29) is 6.04 Å². The van der Waals surface area contributed by atoms with Gasteiger partial charge in [-0.3, -0.25) is 4.90 Å². The normalized spacial score (nSPS) is 33.3. The monoisotopic (exact) mass is 207 g/mol. The summed E-state index contributed by atoms with van der Waals surface area (Å²) in [5.41, 5.74) is 0. The lowest BCUT2D eigenvalue weighted by atomic mass is 9.91. The Bertz CT molecular complexity index is 246. The van der Waals surface area contributed by atoms with Gasteiger partial charge in [0.15, 0.2) is 0 Å². The van der Waals surface area contributed by atoms with E-state index in [1.807, 2.05) is 7.05 Å². The first-order valence-corrected chi connectivity index (χ1v) is 6.16. The van der Waals surface area contributed by atoms with E-state index in [9.17, 15) is 0 Å². The van der Waals surface area contributed by atoms with Crippen molar-refractivity contribution in [2.45, 2.75) is 44.2 Å². The van der Waals surface area contributed by atoms with Gasteiger partial charge in [0.1, 0.15) is 6.04 Å². The molecule has 1 N–H and O–H groups in total. The summed E-state index contributed by atoms with van der Waals surface area (Å²) in [6.07, 6.45) is 6.90. The van der Waals surface area contributed by atoms with Gasteiger partial charge >= 0.3 is 0 Å². The molecule has 1 aliphatic carbocycles. The van der Waals surface area contributed by atoms with E-state index in [0.717, 1.165) is 18.5 Å².